The van der Waals surface area contributed by atoms with Crippen LogP contribution in [0.2, 0.25) is 0 Å². The molecule has 4 rings (SSSR count). The number of benzene rings is 1. The SMILES string of the molecule is CCCN1C(=O)[C@@H]2CC[C@H]1CN(C(=O)Cc1ccc(F)cc1C)C2. The van der Waals surface area contributed by atoms with Crippen molar-refractivity contribution in [1.82, 2.24) is 9.80 Å². The number of amides is 2. The molecule has 5 heteroatoms. The molecule has 0 saturated carbocycles. The Labute approximate surface area is 142 Å². The zero-order chi connectivity index (χ0) is 17.3. The summed E-state index contributed by atoms with van der Waals surface area (Å²) in [6, 6.07) is 4.69. The van der Waals surface area contributed by atoms with Crippen LogP contribution < -0.4 is 0 Å². The minimum atomic E-state index is -0.280. The fraction of sp³-hybridized carbons (Fsp3) is 0.579. The topological polar surface area (TPSA) is 40.6 Å². The molecule has 2 atom stereocenters. The van der Waals surface area contributed by atoms with Crippen LogP contribution in [0.25, 0.3) is 0 Å². The number of rotatable bonds is 4. The predicted octanol–water partition coefficient (Wildman–Crippen LogP) is 2.54. The molecule has 0 unspecified atom stereocenters. The van der Waals surface area contributed by atoms with E-state index < -0.39 is 0 Å². The number of carbonyl (C=O) groups excluding carboxylic acids is 2. The van der Waals surface area contributed by atoms with Crippen LogP contribution in [0.4, 0.5) is 4.39 Å². The van der Waals surface area contributed by atoms with E-state index in [9.17, 15) is 14.0 Å². The van der Waals surface area contributed by atoms with Crippen LogP contribution in [0, 0.1) is 18.7 Å². The highest BCUT2D eigenvalue weighted by Crippen LogP contribution is 2.29. The standard InChI is InChI=1S/C19H25FN2O2/c1-3-8-22-17-7-5-15(19(22)24)11-21(12-17)18(23)10-14-4-6-16(20)9-13(14)2/h4,6,9,15,17H,3,5,7-8,10-12H2,1-2H3/t15-,17+/m1/s1. The first-order chi connectivity index (χ1) is 11.5. The third kappa shape index (κ3) is 3.30. The molecule has 2 amide bonds. The second kappa shape index (κ2) is 6.91. The maximum atomic E-state index is 13.2. The van der Waals surface area contributed by atoms with Gasteiger partial charge in [0, 0.05) is 25.7 Å². The Balaban J connectivity index is 1.73. The van der Waals surface area contributed by atoms with E-state index in [1.165, 1.54) is 12.1 Å². The van der Waals surface area contributed by atoms with E-state index in [-0.39, 0.29) is 36.0 Å². The molecule has 1 aromatic carbocycles. The van der Waals surface area contributed by atoms with E-state index in [1.807, 2.05) is 16.7 Å². The van der Waals surface area contributed by atoms with E-state index >= 15 is 0 Å². The van der Waals surface area contributed by atoms with E-state index in [0.29, 0.717) is 13.1 Å². The van der Waals surface area contributed by atoms with Crippen LogP contribution in [-0.4, -0.2) is 47.3 Å². The maximum Gasteiger partial charge on any atom is 0.227 e. The van der Waals surface area contributed by atoms with Gasteiger partial charge in [-0.2, -0.15) is 0 Å². The monoisotopic (exact) mass is 332 g/mol. The average molecular weight is 332 g/mol. The first kappa shape index (κ1) is 16.9. The first-order valence-electron chi connectivity index (χ1n) is 8.83. The third-order valence-electron chi connectivity index (χ3n) is 5.26. The third-order valence-corrected chi connectivity index (χ3v) is 5.26. The van der Waals surface area contributed by atoms with Gasteiger partial charge in [-0.05, 0) is 49.4 Å². The van der Waals surface area contributed by atoms with Crippen LogP contribution >= 0.6 is 0 Å². The van der Waals surface area contributed by atoms with Crippen LogP contribution in [-0.2, 0) is 16.0 Å². The number of fused-ring (bicyclic) bond motifs is 4. The Morgan fingerprint density at radius 3 is 2.79 bits per heavy atom. The van der Waals surface area contributed by atoms with E-state index in [0.717, 1.165) is 36.9 Å². The second-order valence-corrected chi connectivity index (χ2v) is 7.01. The van der Waals surface area contributed by atoms with Gasteiger partial charge in [0.05, 0.1) is 12.3 Å². The Morgan fingerprint density at radius 1 is 1.29 bits per heavy atom. The number of hydrogen-bond donors (Lipinski definition) is 0. The second-order valence-electron chi connectivity index (χ2n) is 7.01. The highest BCUT2D eigenvalue weighted by molar-refractivity contribution is 5.84. The number of piperidine rings is 1. The fourth-order valence-electron chi connectivity index (χ4n) is 3.91. The summed E-state index contributed by atoms with van der Waals surface area (Å²) in [4.78, 5) is 29.1. The molecule has 3 aliphatic rings. The van der Waals surface area contributed by atoms with E-state index in [4.69, 9.17) is 0 Å². The highest BCUT2D eigenvalue weighted by atomic mass is 19.1. The van der Waals surface area contributed by atoms with Crippen molar-refractivity contribution in [1.29, 1.82) is 0 Å². The summed E-state index contributed by atoms with van der Waals surface area (Å²) in [6.45, 7) is 5.82. The summed E-state index contributed by atoms with van der Waals surface area (Å²) in [5.41, 5.74) is 1.65. The van der Waals surface area contributed by atoms with Crippen molar-refractivity contribution in [2.75, 3.05) is 19.6 Å². The van der Waals surface area contributed by atoms with E-state index in [1.54, 1.807) is 6.07 Å². The quantitative estimate of drug-likeness (QED) is 0.850. The number of hydrogen-bond acceptors (Lipinski definition) is 2. The van der Waals surface area contributed by atoms with Gasteiger partial charge in [0.1, 0.15) is 5.82 Å². The highest BCUT2D eigenvalue weighted by Gasteiger charge is 2.41. The fourth-order valence-corrected chi connectivity index (χ4v) is 3.91. The zero-order valence-corrected chi connectivity index (χ0v) is 14.4. The normalized spacial score (nSPS) is 23.5. The van der Waals surface area contributed by atoms with Gasteiger partial charge in [-0.15, -0.1) is 0 Å². The maximum absolute atomic E-state index is 13.2. The Kier molecular flexibility index (Phi) is 4.88. The first-order valence-corrected chi connectivity index (χ1v) is 8.83. The van der Waals surface area contributed by atoms with Crippen molar-refractivity contribution in [2.45, 2.75) is 45.6 Å². The lowest BCUT2D eigenvalue weighted by Gasteiger charge is -2.35. The van der Waals surface area contributed by atoms with Crippen LogP contribution in [0.5, 0.6) is 0 Å². The van der Waals surface area contributed by atoms with E-state index in [2.05, 4.69) is 6.92 Å². The van der Waals surface area contributed by atoms with Gasteiger partial charge in [-0.1, -0.05) is 13.0 Å². The van der Waals surface area contributed by atoms with Crippen molar-refractivity contribution in [2.24, 2.45) is 5.92 Å². The molecule has 3 saturated heterocycles. The van der Waals surface area contributed by atoms with Gasteiger partial charge in [0.2, 0.25) is 11.8 Å². The Morgan fingerprint density at radius 2 is 2.08 bits per heavy atom. The molecule has 130 valence electrons. The molecule has 3 heterocycles. The molecule has 4 nitrogen and oxygen atoms in total. The van der Waals surface area contributed by atoms with Crippen LogP contribution in [0.15, 0.2) is 18.2 Å². The molecule has 1 aromatic rings. The molecule has 3 aliphatic heterocycles. The van der Waals surface area contributed by atoms with Gasteiger partial charge >= 0.3 is 0 Å². The van der Waals surface area contributed by atoms with Gasteiger partial charge in [0.25, 0.3) is 0 Å². The van der Waals surface area contributed by atoms with Gasteiger partial charge < -0.3 is 9.80 Å². The predicted molar refractivity (Wildman–Crippen MR) is 89.9 cm³/mol. The Bertz CT molecular complexity index is 646. The number of carbonyl (C=O) groups is 2. The zero-order valence-electron chi connectivity index (χ0n) is 14.4. The molecule has 0 aromatic heterocycles. The largest absolute Gasteiger partial charge is 0.340 e. The average Bonchev–Trinajstić information content (AvgIpc) is 2.83. The summed E-state index contributed by atoms with van der Waals surface area (Å²) in [7, 11) is 0. The molecular formula is C19H25FN2O2. The summed E-state index contributed by atoms with van der Waals surface area (Å²) in [5, 5.41) is 0. The van der Waals surface area contributed by atoms with Crippen molar-refractivity contribution in [3.63, 3.8) is 0 Å². The van der Waals surface area contributed by atoms with Gasteiger partial charge in [-0.3, -0.25) is 9.59 Å². The minimum Gasteiger partial charge on any atom is -0.340 e. The van der Waals surface area contributed by atoms with Crippen molar-refractivity contribution >= 4 is 11.8 Å². The van der Waals surface area contributed by atoms with Crippen molar-refractivity contribution < 1.29 is 14.0 Å². The molecule has 0 aliphatic carbocycles. The van der Waals surface area contributed by atoms with Crippen LogP contribution in [0.3, 0.4) is 0 Å². The molecule has 24 heavy (non-hydrogen) atoms. The molecule has 0 spiro atoms. The summed E-state index contributed by atoms with van der Waals surface area (Å²) >= 11 is 0. The molecule has 0 N–H and O–H groups in total. The number of nitrogens with zero attached hydrogens (tertiary/aromatic N) is 2. The summed E-state index contributed by atoms with van der Waals surface area (Å²) in [5.74, 6) is -0.0972. The van der Waals surface area contributed by atoms with Crippen molar-refractivity contribution in [3.8, 4) is 0 Å². The molecule has 2 bridgehead atoms. The molecule has 3 fully saturated rings. The van der Waals surface area contributed by atoms with Crippen LogP contribution in [0.1, 0.15) is 37.3 Å². The summed E-state index contributed by atoms with van der Waals surface area (Å²) < 4.78 is 13.2. The lowest BCUT2D eigenvalue weighted by molar-refractivity contribution is -0.139. The number of aryl methyl sites for hydroxylation is 1. The summed E-state index contributed by atoms with van der Waals surface area (Å²) in [6.07, 6.45) is 3.07. The number of halogens is 1. The lowest BCUT2D eigenvalue weighted by Crippen LogP contribution is -2.48. The lowest BCUT2D eigenvalue weighted by atomic mass is 9.94. The smallest absolute Gasteiger partial charge is 0.227 e. The van der Waals surface area contributed by atoms with Gasteiger partial charge in [-0.25, -0.2) is 4.39 Å². The van der Waals surface area contributed by atoms with Gasteiger partial charge in [0.15, 0.2) is 0 Å². The molecular weight excluding hydrogens is 307 g/mol. The molecule has 0 radical (unpaired) electrons. The van der Waals surface area contributed by atoms with Crippen molar-refractivity contribution in [3.05, 3.63) is 35.1 Å². The Hall–Kier alpha value is -1.91. The minimum absolute atomic E-state index is 0.0350.